The third-order valence-corrected chi connectivity index (χ3v) is 7.19. The smallest absolute Gasteiger partial charge is 0.261 e. The molecule has 126 valence electrons. The summed E-state index contributed by atoms with van der Waals surface area (Å²) in [6.45, 7) is 2.29. The van der Waals surface area contributed by atoms with Crippen LogP contribution in [0.25, 0.3) is 10.1 Å². The summed E-state index contributed by atoms with van der Waals surface area (Å²) >= 11 is 1.10. The number of nitrogens with zero attached hydrogens (tertiary/aromatic N) is 1. The van der Waals surface area contributed by atoms with Crippen LogP contribution in [0.15, 0.2) is 18.2 Å². The number of benzene rings is 1. The quantitative estimate of drug-likeness (QED) is 0.900. The monoisotopic (exact) mass is 348 g/mol. The van der Waals surface area contributed by atoms with E-state index in [2.05, 4.69) is 10.2 Å². The van der Waals surface area contributed by atoms with Gasteiger partial charge in [0, 0.05) is 11.6 Å². The molecule has 1 amide bonds. The molecule has 4 heterocycles. The van der Waals surface area contributed by atoms with E-state index in [1.54, 1.807) is 6.07 Å². The minimum Gasteiger partial charge on any atom is -0.346 e. The van der Waals surface area contributed by atoms with E-state index in [1.165, 1.54) is 6.07 Å². The number of rotatable bonds is 2. The summed E-state index contributed by atoms with van der Waals surface area (Å²) < 4.78 is 27.6. The Morgan fingerprint density at radius 2 is 1.96 bits per heavy atom. The van der Waals surface area contributed by atoms with Crippen molar-refractivity contribution in [2.24, 2.45) is 5.92 Å². The predicted molar refractivity (Wildman–Crippen MR) is 89.3 cm³/mol. The van der Waals surface area contributed by atoms with E-state index in [-0.39, 0.29) is 17.5 Å². The molecule has 1 aromatic carbocycles. The normalized spacial score (nSPS) is 30.0. The van der Waals surface area contributed by atoms with Crippen molar-refractivity contribution < 1.29 is 13.6 Å². The fourth-order valence-corrected chi connectivity index (χ4v) is 5.67. The zero-order valence-corrected chi connectivity index (χ0v) is 14.0. The van der Waals surface area contributed by atoms with Crippen molar-refractivity contribution in [1.82, 2.24) is 10.2 Å². The molecule has 3 saturated heterocycles. The Hall–Kier alpha value is -1.53. The van der Waals surface area contributed by atoms with E-state index in [1.807, 2.05) is 0 Å². The Morgan fingerprint density at radius 3 is 2.67 bits per heavy atom. The zero-order chi connectivity index (χ0) is 16.5. The number of amides is 1. The minimum absolute atomic E-state index is 0.152. The van der Waals surface area contributed by atoms with Gasteiger partial charge in [-0.05, 0) is 62.2 Å². The van der Waals surface area contributed by atoms with E-state index in [9.17, 15) is 13.6 Å². The van der Waals surface area contributed by atoms with Crippen LogP contribution in [-0.4, -0.2) is 35.5 Å². The van der Waals surface area contributed by atoms with Crippen LogP contribution in [0.3, 0.4) is 0 Å². The van der Waals surface area contributed by atoms with Crippen molar-refractivity contribution in [2.75, 3.05) is 13.1 Å². The standard InChI is InChI=1S/C18H18F2N2OS/c19-12-7-11-8-14(24-15(11)13(20)9-12)17(23)21-16-10-1-5-22(6-2-10)18(16)3-4-18/h7-10,16H,1-6H2,(H,21,23). The highest BCUT2D eigenvalue weighted by molar-refractivity contribution is 7.20. The van der Waals surface area contributed by atoms with E-state index in [0.717, 1.165) is 56.2 Å². The Labute approximate surface area is 142 Å². The van der Waals surface area contributed by atoms with Crippen LogP contribution < -0.4 is 5.32 Å². The van der Waals surface area contributed by atoms with E-state index >= 15 is 0 Å². The van der Waals surface area contributed by atoms with Crippen LogP contribution in [-0.2, 0) is 0 Å². The van der Waals surface area contributed by atoms with Gasteiger partial charge in [0.15, 0.2) is 0 Å². The van der Waals surface area contributed by atoms with E-state index in [0.29, 0.717) is 20.9 Å². The first kappa shape index (κ1) is 14.8. The third-order valence-electron chi connectivity index (χ3n) is 6.03. The van der Waals surface area contributed by atoms with Gasteiger partial charge in [-0.2, -0.15) is 0 Å². The Bertz CT molecular complexity index is 837. The highest BCUT2D eigenvalue weighted by Crippen LogP contribution is 2.53. The summed E-state index contributed by atoms with van der Waals surface area (Å²) in [5.74, 6) is -0.819. The second kappa shape index (κ2) is 4.99. The third kappa shape index (κ3) is 2.05. The molecule has 1 saturated carbocycles. The fourth-order valence-electron chi connectivity index (χ4n) is 4.72. The zero-order valence-electron chi connectivity index (χ0n) is 13.1. The van der Waals surface area contributed by atoms with Crippen molar-refractivity contribution in [1.29, 1.82) is 0 Å². The highest BCUT2D eigenvalue weighted by Gasteiger charge is 2.60. The molecule has 2 aromatic rings. The number of carbonyl (C=O) groups excluding carboxylic acids is 1. The number of hydrogen-bond donors (Lipinski definition) is 1. The van der Waals surface area contributed by atoms with Gasteiger partial charge in [0.25, 0.3) is 5.91 Å². The first-order valence-electron chi connectivity index (χ1n) is 8.51. The summed E-state index contributed by atoms with van der Waals surface area (Å²) in [6, 6.07) is 3.94. The predicted octanol–water partition coefficient (Wildman–Crippen LogP) is 3.54. The average Bonchev–Trinajstić information content (AvgIpc) is 3.22. The molecule has 1 aromatic heterocycles. The van der Waals surface area contributed by atoms with Crippen molar-refractivity contribution in [3.8, 4) is 0 Å². The SMILES string of the molecule is O=C(NC1C2CCN(CC2)C12CC2)c1cc2cc(F)cc(F)c2s1. The van der Waals surface area contributed by atoms with Crippen LogP contribution in [0.5, 0.6) is 0 Å². The van der Waals surface area contributed by atoms with Crippen molar-refractivity contribution in [3.63, 3.8) is 0 Å². The van der Waals surface area contributed by atoms with Crippen molar-refractivity contribution in [2.45, 2.75) is 37.3 Å². The second-order valence-electron chi connectivity index (χ2n) is 7.30. The largest absolute Gasteiger partial charge is 0.346 e. The minimum atomic E-state index is -0.612. The van der Waals surface area contributed by atoms with Crippen LogP contribution >= 0.6 is 11.3 Å². The molecule has 3 nitrogen and oxygen atoms in total. The van der Waals surface area contributed by atoms with E-state index in [4.69, 9.17) is 0 Å². The maximum Gasteiger partial charge on any atom is 0.261 e. The lowest BCUT2D eigenvalue weighted by atomic mass is 9.77. The molecule has 4 aliphatic rings. The molecule has 24 heavy (non-hydrogen) atoms. The molecule has 1 spiro atoms. The maximum atomic E-state index is 13.9. The first-order chi connectivity index (χ1) is 11.6. The molecule has 1 atom stereocenters. The molecule has 6 heteroatoms. The lowest BCUT2D eigenvalue weighted by Gasteiger charge is -2.52. The van der Waals surface area contributed by atoms with Gasteiger partial charge in [-0.1, -0.05) is 0 Å². The number of halogens is 2. The first-order valence-corrected chi connectivity index (χ1v) is 9.33. The van der Waals surface area contributed by atoms with Gasteiger partial charge in [0.05, 0.1) is 15.6 Å². The van der Waals surface area contributed by atoms with E-state index < -0.39 is 11.6 Å². The van der Waals surface area contributed by atoms with Crippen LogP contribution in [0.4, 0.5) is 8.78 Å². The topological polar surface area (TPSA) is 32.3 Å². The van der Waals surface area contributed by atoms with Gasteiger partial charge in [-0.15, -0.1) is 11.3 Å². The molecule has 1 N–H and O–H groups in total. The number of nitrogens with one attached hydrogen (secondary N) is 1. The lowest BCUT2D eigenvalue weighted by Crippen LogP contribution is -2.65. The number of carbonyl (C=O) groups is 1. The Morgan fingerprint density at radius 1 is 1.21 bits per heavy atom. The second-order valence-corrected chi connectivity index (χ2v) is 8.35. The number of thiophene rings is 1. The van der Waals surface area contributed by atoms with Gasteiger partial charge >= 0.3 is 0 Å². The fraction of sp³-hybridized carbons (Fsp3) is 0.500. The van der Waals surface area contributed by atoms with Gasteiger partial charge in [0.1, 0.15) is 11.6 Å². The number of fused-ring (bicyclic) bond motifs is 3. The summed E-state index contributed by atoms with van der Waals surface area (Å²) in [5.41, 5.74) is 0.171. The summed E-state index contributed by atoms with van der Waals surface area (Å²) in [6.07, 6.45) is 4.58. The molecule has 1 aliphatic carbocycles. The summed E-state index contributed by atoms with van der Waals surface area (Å²) in [7, 11) is 0. The average molecular weight is 348 g/mol. The maximum absolute atomic E-state index is 13.9. The number of hydrogen-bond acceptors (Lipinski definition) is 3. The Balaban J connectivity index is 1.44. The van der Waals surface area contributed by atoms with Crippen molar-refractivity contribution >= 4 is 27.3 Å². The van der Waals surface area contributed by atoms with Gasteiger partial charge in [-0.3, -0.25) is 9.69 Å². The number of piperidine rings is 3. The lowest BCUT2D eigenvalue weighted by molar-refractivity contribution is -0.00138. The van der Waals surface area contributed by atoms with Gasteiger partial charge < -0.3 is 5.32 Å². The van der Waals surface area contributed by atoms with Crippen LogP contribution in [0.2, 0.25) is 0 Å². The molecule has 0 radical (unpaired) electrons. The van der Waals surface area contributed by atoms with Gasteiger partial charge in [-0.25, -0.2) is 8.78 Å². The van der Waals surface area contributed by atoms with Crippen LogP contribution in [0, 0.1) is 17.6 Å². The summed E-state index contributed by atoms with van der Waals surface area (Å²) in [5, 5.41) is 3.68. The molecule has 2 bridgehead atoms. The molecule has 3 aliphatic heterocycles. The van der Waals surface area contributed by atoms with Crippen LogP contribution in [0.1, 0.15) is 35.4 Å². The highest BCUT2D eigenvalue weighted by atomic mass is 32.1. The van der Waals surface area contributed by atoms with Crippen molar-refractivity contribution in [3.05, 3.63) is 34.7 Å². The molecular formula is C18H18F2N2OS. The molecule has 1 unspecified atom stereocenters. The Kier molecular flexibility index (Phi) is 3.07. The molecular weight excluding hydrogens is 330 g/mol. The molecule has 4 fully saturated rings. The summed E-state index contributed by atoms with van der Waals surface area (Å²) in [4.78, 5) is 15.7. The van der Waals surface area contributed by atoms with Gasteiger partial charge in [0.2, 0.25) is 0 Å². The molecule has 6 rings (SSSR count).